The predicted octanol–water partition coefficient (Wildman–Crippen LogP) is 1.26. The molecular formula is C17H21N3O2. The van der Waals surface area contributed by atoms with Gasteiger partial charge in [-0.2, -0.15) is 0 Å². The summed E-state index contributed by atoms with van der Waals surface area (Å²) in [7, 11) is 0. The molecule has 1 atom stereocenters. The molecule has 5 heteroatoms. The third-order valence-electron chi connectivity index (χ3n) is 3.39. The van der Waals surface area contributed by atoms with E-state index in [0.29, 0.717) is 19.5 Å². The second-order valence-corrected chi connectivity index (χ2v) is 5.22. The largest absolute Gasteiger partial charge is 0.392 e. The van der Waals surface area contributed by atoms with Crippen LogP contribution in [0.1, 0.15) is 28.0 Å². The van der Waals surface area contributed by atoms with Gasteiger partial charge in [0.05, 0.1) is 6.10 Å². The second-order valence-electron chi connectivity index (χ2n) is 5.22. The standard InChI is InChI=1S/C17H21N3O2/c18-17(22)16-10-14(8-9-20-16)11-19-12-15(21)7-6-13-4-2-1-3-5-13/h1-5,8-10,15,19,21H,6-7,11-12H2,(H2,18,22)/t15-/m1/s1. The van der Waals surface area contributed by atoms with E-state index in [4.69, 9.17) is 5.73 Å². The van der Waals surface area contributed by atoms with Gasteiger partial charge in [-0.15, -0.1) is 0 Å². The van der Waals surface area contributed by atoms with E-state index >= 15 is 0 Å². The number of primary amides is 1. The fourth-order valence-electron chi connectivity index (χ4n) is 2.18. The van der Waals surface area contributed by atoms with Crippen molar-refractivity contribution in [3.8, 4) is 0 Å². The third kappa shape index (κ3) is 5.27. The summed E-state index contributed by atoms with van der Waals surface area (Å²) >= 11 is 0. The number of benzene rings is 1. The van der Waals surface area contributed by atoms with E-state index in [9.17, 15) is 9.90 Å². The van der Waals surface area contributed by atoms with Crippen LogP contribution in [-0.2, 0) is 13.0 Å². The van der Waals surface area contributed by atoms with Gasteiger partial charge in [-0.3, -0.25) is 9.78 Å². The van der Waals surface area contributed by atoms with Crippen molar-refractivity contribution >= 4 is 5.91 Å². The van der Waals surface area contributed by atoms with Crippen LogP contribution in [0.3, 0.4) is 0 Å². The summed E-state index contributed by atoms with van der Waals surface area (Å²) in [5, 5.41) is 13.2. The van der Waals surface area contributed by atoms with Crippen LogP contribution in [0.4, 0.5) is 0 Å². The number of amides is 1. The summed E-state index contributed by atoms with van der Waals surface area (Å²) in [5.74, 6) is -0.537. The van der Waals surface area contributed by atoms with Gasteiger partial charge in [0.2, 0.25) is 0 Å². The fourth-order valence-corrected chi connectivity index (χ4v) is 2.18. The van der Waals surface area contributed by atoms with Gasteiger partial charge in [0, 0.05) is 19.3 Å². The van der Waals surface area contributed by atoms with E-state index in [2.05, 4.69) is 22.4 Å². The maximum absolute atomic E-state index is 11.1. The Morgan fingerprint density at radius 1 is 1.23 bits per heavy atom. The molecule has 0 unspecified atom stereocenters. The molecule has 0 spiro atoms. The van der Waals surface area contributed by atoms with Gasteiger partial charge in [-0.1, -0.05) is 30.3 Å². The van der Waals surface area contributed by atoms with E-state index in [1.165, 1.54) is 5.56 Å². The maximum atomic E-state index is 11.1. The molecule has 2 rings (SSSR count). The summed E-state index contributed by atoms with van der Waals surface area (Å²) in [6.45, 7) is 1.06. The Morgan fingerprint density at radius 3 is 2.73 bits per heavy atom. The molecule has 0 saturated heterocycles. The maximum Gasteiger partial charge on any atom is 0.267 e. The van der Waals surface area contributed by atoms with Crippen LogP contribution in [0.5, 0.6) is 0 Å². The highest BCUT2D eigenvalue weighted by Crippen LogP contribution is 2.05. The number of nitrogens with two attached hydrogens (primary N) is 1. The first-order valence-electron chi connectivity index (χ1n) is 7.32. The average molecular weight is 299 g/mol. The Labute approximate surface area is 130 Å². The highest BCUT2D eigenvalue weighted by Gasteiger charge is 2.06. The number of hydrogen-bond acceptors (Lipinski definition) is 4. The van der Waals surface area contributed by atoms with E-state index in [1.54, 1.807) is 12.3 Å². The lowest BCUT2D eigenvalue weighted by molar-refractivity contribution is 0.0995. The molecule has 0 fully saturated rings. The van der Waals surface area contributed by atoms with Crippen molar-refractivity contribution in [1.82, 2.24) is 10.3 Å². The van der Waals surface area contributed by atoms with Gasteiger partial charge in [0.25, 0.3) is 5.91 Å². The van der Waals surface area contributed by atoms with Crippen molar-refractivity contribution in [3.05, 3.63) is 65.5 Å². The molecule has 0 aliphatic heterocycles. The zero-order valence-electron chi connectivity index (χ0n) is 12.4. The number of pyridine rings is 1. The molecule has 5 nitrogen and oxygen atoms in total. The highest BCUT2D eigenvalue weighted by molar-refractivity contribution is 5.90. The smallest absolute Gasteiger partial charge is 0.267 e. The highest BCUT2D eigenvalue weighted by atomic mass is 16.3. The Morgan fingerprint density at radius 2 is 2.00 bits per heavy atom. The molecule has 1 aromatic carbocycles. The molecule has 1 aromatic heterocycles. The predicted molar refractivity (Wildman–Crippen MR) is 85.2 cm³/mol. The minimum Gasteiger partial charge on any atom is -0.392 e. The quantitative estimate of drug-likeness (QED) is 0.685. The first-order chi connectivity index (χ1) is 10.6. The topological polar surface area (TPSA) is 88.2 Å². The average Bonchev–Trinajstić information content (AvgIpc) is 2.54. The SMILES string of the molecule is NC(=O)c1cc(CNC[C@H](O)CCc2ccccc2)ccn1. The van der Waals surface area contributed by atoms with Gasteiger partial charge in [0.15, 0.2) is 0 Å². The minimum atomic E-state index is -0.537. The summed E-state index contributed by atoms with van der Waals surface area (Å²) in [6, 6.07) is 13.6. The van der Waals surface area contributed by atoms with Crippen LogP contribution in [0, 0.1) is 0 Å². The van der Waals surface area contributed by atoms with Gasteiger partial charge < -0.3 is 16.2 Å². The van der Waals surface area contributed by atoms with Crippen LogP contribution in [0.25, 0.3) is 0 Å². The molecule has 1 heterocycles. The number of nitrogens with one attached hydrogen (secondary N) is 1. The molecular weight excluding hydrogens is 278 g/mol. The molecule has 0 radical (unpaired) electrons. The lowest BCUT2D eigenvalue weighted by Gasteiger charge is -2.12. The van der Waals surface area contributed by atoms with Crippen molar-refractivity contribution < 1.29 is 9.90 Å². The fraction of sp³-hybridized carbons (Fsp3) is 0.294. The zero-order chi connectivity index (χ0) is 15.8. The molecule has 1 amide bonds. The first-order valence-corrected chi connectivity index (χ1v) is 7.32. The van der Waals surface area contributed by atoms with Gasteiger partial charge in [-0.25, -0.2) is 0 Å². The van der Waals surface area contributed by atoms with Crippen LogP contribution in [0.15, 0.2) is 48.7 Å². The molecule has 116 valence electrons. The van der Waals surface area contributed by atoms with Crippen LogP contribution in [-0.4, -0.2) is 28.6 Å². The van der Waals surface area contributed by atoms with Crippen molar-refractivity contribution in [1.29, 1.82) is 0 Å². The van der Waals surface area contributed by atoms with Gasteiger partial charge in [-0.05, 0) is 36.1 Å². The Balaban J connectivity index is 1.71. The van der Waals surface area contributed by atoms with E-state index < -0.39 is 12.0 Å². The van der Waals surface area contributed by atoms with E-state index in [-0.39, 0.29) is 5.69 Å². The zero-order valence-corrected chi connectivity index (χ0v) is 12.4. The molecule has 0 bridgehead atoms. The normalized spacial score (nSPS) is 12.0. The number of carbonyl (C=O) groups is 1. The summed E-state index contributed by atoms with van der Waals surface area (Å²) in [4.78, 5) is 14.9. The third-order valence-corrected chi connectivity index (χ3v) is 3.39. The minimum absolute atomic E-state index is 0.254. The van der Waals surface area contributed by atoms with Crippen LogP contribution < -0.4 is 11.1 Å². The van der Waals surface area contributed by atoms with E-state index in [1.807, 2.05) is 24.3 Å². The second kappa shape index (κ2) is 8.26. The number of aryl methyl sites for hydroxylation is 1. The van der Waals surface area contributed by atoms with Crippen LogP contribution in [0.2, 0.25) is 0 Å². The summed E-state index contributed by atoms with van der Waals surface area (Å²) in [6.07, 6.45) is 2.71. The number of rotatable bonds is 8. The molecule has 0 aliphatic carbocycles. The number of carbonyl (C=O) groups excluding carboxylic acids is 1. The van der Waals surface area contributed by atoms with Crippen molar-refractivity contribution in [2.45, 2.75) is 25.5 Å². The molecule has 22 heavy (non-hydrogen) atoms. The molecule has 0 aliphatic rings. The monoisotopic (exact) mass is 299 g/mol. The molecule has 2 aromatic rings. The van der Waals surface area contributed by atoms with Gasteiger partial charge in [0.1, 0.15) is 5.69 Å². The Kier molecular flexibility index (Phi) is 6.06. The van der Waals surface area contributed by atoms with Crippen LogP contribution >= 0.6 is 0 Å². The van der Waals surface area contributed by atoms with E-state index in [0.717, 1.165) is 12.0 Å². The Bertz CT molecular complexity index is 602. The number of hydrogen-bond donors (Lipinski definition) is 3. The van der Waals surface area contributed by atoms with Crippen molar-refractivity contribution in [3.63, 3.8) is 0 Å². The first kappa shape index (κ1) is 16.1. The Hall–Kier alpha value is -2.24. The van der Waals surface area contributed by atoms with Crippen molar-refractivity contribution in [2.75, 3.05) is 6.54 Å². The number of aliphatic hydroxyl groups excluding tert-OH is 1. The summed E-state index contributed by atoms with van der Waals surface area (Å²) in [5.41, 5.74) is 7.59. The molecule has 0 saturated carbocycles. The number of nitrogens with zero attached hydrogens (tertiary/aromatic N) is 1. The number of aliphatic hydroxyl groups is 1. The van der Waals surface area contributed by atoms with Crippen molar-refractivity contribution in [2.24, 2.45) is 5.73 Å². The molecule has 4 N–H and O–H groups in total. The lowest BCUT2D eigenvalue weighted by atomic mass is 10.1. The number of aromatic nitrogens is 1. The summed E-state index contributed by atoms with van der Waals surface area (Å²) < 4.78 is 0. The lowest BCUT2D eigenvalue weighted by Crippen LogP contribution is -2.27. The van der Waals surface area contributed by atoms with Gasteiger partial charge >= 0.3 is 0 Å².